The molecule has 6 nitrogen and oxygen atoms in total. The van der Waals surface area contributed by atoms with E-state index in [9.17, 15) is 0 Å². The van der Waals surface area contributed by atoms with Crippen LogP contribution in [0, 0.1) is 11.3 Å². The minimum Gasteiger partial charge on any atom is -0.382 e. The van der Waals surface area contributed by atoms with Crippen LogP contribution in [-0.4, -0.2) is 65.2 Å². The molecule has 2 saturated carbocycles. The number of hydrogen-bond donors (Lipinski definition) is 2. The molecule has 0 aromatic rings. The van der Waals surface area contributed by atoms with Gasteiger partial charge in [0.2, 0.25) is 0 Å². The molecular weight excluding hydrogens is 433 g/mol. The van der Waals surface area contributed by atoms with Gasteiger partial charge in [0, 0.05) is 51.3 Å². The average Bonchev–Trinajstić information content (AvgIpc) is 3.25. The highest BCUT2D eigenvalue weighted by atomic mass is 127. The number of rotatable bonds is 8. The topological polar surface area (TPSA) is 64.1 Å². The molecule has 0 bridgehead atoms. The summed E-state index contributed by atoms with van der Waals surface area (Å²) in [5, 5.41) is 7.15. The number of fused-ring (bicyclic) bond motifs is 2. The van der Waals surface area contributed by atoms with Gasteiger partial charge >= 0.3 is 0 Å². The highest BCUT2D eigenvalue weighted by molar-refractivity contribution is 14.0. The third kappa shape index (κ3) is 4.59. The Balaban J connectivity index is 0.00000225. The number of nitrogens with one attached hydrogen (secondary N) is 2. The predicted molar refractivity (Wildman–Crippen MR) is 110 cm³/mol. The van der Waals surface area contributed by atoms with Crippen molar-refractivity contribution in [3.63, 3.8) is 0 Å². The summed E-state index contributed by atoms with van der Waals surface area (Å²) in [6.45, 7) is 3.87. The highest BCUT2D eigenvalue weighted by Gasteiger charge is 2.65. The first-order valence-corrected chi connectivity index (χ1v) is 9.47. The standard InChI is InChI=1S/C18H33N3O3.HI/c1-19-17(20-9-5-10-23-13-12-22-2)21-15-14-6-11-24-16(14)18(15)7-3-4-8-18;/h14-16H,3-13H2,1-2H3,(H2,19,20,21);1H. The number of guanidine groups is 1. The lowest BCUT2D eigenvalue weighted by Crippen LogP contribution is -2.69. The monoisotopic (exact) mass is 467 g/mol. The van der Waals surface area contributed by atoms with Crippen molar-refractivity contribution in [3.05, 3.63) is 0 Å². The first kappa shape index (κ1) is 21.2. The van der Waals surface area contributed by atoms with E-state index in [0.29, 0.717) is 36.7 Å². The molecule has 3 unspecified atom stereocenters. The van der Waals surface area contributed by atoms with Crippen molar-refractivity contribution in [2.75, 3.05) is 47.1 Å². The first-order valence-electron chi connectivity index (χ1n) is 9.47. The fourth-order valence-electron chi connectivity index (χ4n) is 4.87. The third-order valence-corrected chi connectivity index (χ3v) is 5.99. The Morgan fingerprint density at radius 2 is 2.04 bits per heavy atom. The van der Waals surface area contributed by atoms with Crippen LogP contribution < -0.4 is 10.6 Å². The van der Waals surface area contributed by atoms with Crippen molar-refractivity contribution in [1.29, 1.82) is 0 Å². The van der Waals surface area contributed by atoms with Gasteiger partial charge < -0.3 is 24.8 Å². The van der Waals surface area contributed by atoms with Crippen molar-refractivity contribution in [2.45, 2.75) is 50.7 Å². The van der Waals surface area contributed by atoms with Gasteiger partial charge in [-0.3, -0.25) is 4.99 Å². The number of aliphatic imine (C=N–C) groups is 1. The molecule has 3 rings (SSSR count). The number of hydrogen-bond acceptors (Lipinski definition) is 4. The summed E-state index contributed by atoms with van der Waals surface area (Å²) in [4.78, 5) is 4.42. The SMILES string of the molecule is CN=C(NCCCOCCOC)NC1C2CCOC2C12CCCC2.I. The van der Waals surface area contributed by atoms with Gasteiger partial charge in [-0.25, -0.2) is 0 Å². The van der Waals surface area contributed by atoms with E-state index in [2.05, 4.69) is 15.6 Å². The van der Waals surface area contributed by atoms with Crippen LogP contribution in [0.3, 0.4) is 0 Å². The molecule has 3 atom stereocenters. The first-order chi connectivity index (χ1) is 11.8. The number of ether oxygens (including phenoxy) is 3. The maximum absolute atomic E-state index is 6.05. The van der Waals surface area contributed by atoms with Crippen molar-refractivity contribution in [2.24, 2.45) is 16.3 Å². The quantitative estimate of drug-likeness (QED) is 0.248. The van der Waals surface area contributed by atoms with E-state index < -0.39 is 0 Å². The molecule has 146 valence electrons. The number of nitrogens with zero attached hydrogens (tertiary/aromatic N) is 1. The van der Waals surface area contributed by atoms with Crippen molar-refractivity contribution < 1.29 is 14.2 Å². The molecule has 1 saturated heterocycles. The molecule has 1 heterocycles. The Kier molecular flexibility index (Phi) is 8.71. The van der Waals surface area contributed by atoms with Gasteiger partial charge in [0.25, 0.3) is 0 Å². The molecule has 0 aromatic carbocycles. The lowest BCUT2D eigenvalue weighted by molar-refractivity contribution is -0.125. The van der Waals surface area contributed by atoms with E-state index in [1.165, 1.54) is 32.1 Å². The Morgan fingerprint density at radius 3 is 2.76 bits per heavy atom. The van der Waals surface area contributed by atoms with Crippen LogP contribution in [-0.2, 0) is 14.2 Å². The molecule has 2 N–H and O–H groups in total. The summed E-state index contributed by atoms with van der Waals surface area (Å²) in [6.07, 6.45) is 7.94. The van der Waals surface area contributed by atoms with Gasteiger partial charge in [0.15, 0.2) is 5.96 Å². The number of methoxy groups -OCH3 is 1. The second-order valence-electron chi connectivity index (χ2n) is 7.26. The molecule has 0 aromatic heterocycles. The second kappa shape index (κ2) is 10.3. The molecule has 3 fully saturated rings. The fraction of sp³-hybridized carbons (Fsp3) is 0.944. The second-order valence-corrected chi connectivity index (χ2v) is 7.26. The van der Waals surface area contributed by atoms with Crippen LogP contribution in [0.5, 0.6) is 0 Å². The summed E-state index contributed by atoms with van der Waals surface area (Å²) in [5.74, 6) is 1.59. The molecular formula is C18H34IN3O3. The molecule has 0 radical (unpaired) electrons. The zero-order valence-electron chi connectivity index (χ0n) is 15.6. The summed E-state index contributed by atoms with van der Waals surface area (Å²) >= 11 is 0. The Morgan fingerprint density at radius 1 is 1.24 bits per heavy atom. The summed E-state index contributed by atoms with van der Waals surface area (Å²) in [5.41, 5.74) is 0.363. The van der Waals surface area contributed by atoms with E-state index in [1.807, 2.05) is 7.05 Å². The summed E-state index contributed by atoms with van der Waals surface area (Å²) < 4.78 is 16.5. The predicted octanol–water partition coefficient (Wildman–Crippen LogP) is 2.17. The Labute approximate surface area is 168 Å². The van der Waals surface area contributed by atoms with Crippen LogP contribution in [0.15, 0.2) is 4.99 Å². The highest BCUT2D eigenvalue weighted by Crippen LogP contribution is 2.60. The molecule has 0 amide bonds. The van der Waals surface area contributed by atoms with E-state index in [1.54, 1.807) is 7.11 Å². The minimum atomic E-state index is 0. The van der Waals surface area contributed by atoms with E-state index >= 15 is 0 Å². The lowest BCUT2D eigenvalue weighted by Gasteiger charge is -2.57. The molecule has 2 aliphatic carbocycles. The van der Waals surface area contributed by atoms with Crippen molar-refractivity contribution in [1.82, 2.24) is 10.6 Å². The van der Waals surface area contributed by atoms with Crippen molar-refractivity contribution >= 4 is 29.9 Å². The zero-order valence-corrected chi connectivity index (χ0v) is 17.9. The van der Waals surface area contributed by atoms with Gasteiger partial charge in [-0.05, 0) is 25.7 Å². The van der Waals surface area contributed by atoms with Crippen molar-refractivity contribution in [3.8, 4) is 0 Å². The normalized spacial score (nSPS) is 29.8. The number of halogens is 1. The molecule has 3 aliphatic rings. The van der Waals surface area contributed by atoms with E-state index in [0.717, 1.165) is 32.1 Å². The third-order valence-electron chi connectivity index (χ3n) is 5.99. The maximum atomic E-state index is 6.05. The van der Waals surface area contributed by atoms with Crippen LogP contribution in [0.1, 0.15) is 38.5 Å². The molecule has 25 heavy (non-hydrogen) atoms. The van der Waals surface area contributed by atoms with E-state index in [-0.39, 0.29) is 24.0 Å². The smallest absolute Gasteiger partial charge is 0.191 e. The molecule has 1 spiro atoms. The van der Waals surface area contributed by atoms with Gasteiger partial charge in [-0.15, -0.1) is 24.0 Å². The Hall–Kier alpha value is -0.120. The van der Waals surface area contributed by atoms with Crippen LogP contribution >= 0.6 is 24.0 Å². The van der Waals surface area contributed by atoms with Crippen LogP contribution in [0.2, 0.25) is 0 Å². The van der Waals surface area contributed by atoms with Gasteiger partial charge in [0.1, 0.15) is 0 Å². The van der Waals surface area contributed by atoms with Crippen LogP contribution in [0.4, 0.5) is 0 Å². The van der Waals surface area contributed by atoms with Gasteiger partial charge in [-0.1, -0.05) is 12.8 Å². The minimum absolute atomic E-state index is 0. The molecule has 7 heteroatoms. The average molecular weight is 467 g/mol. The lowest BCUT2D eigenvalue weighted by atomic mass is 9.54. The maximum Gasteiger partial charge on any atom is 0.191 e. The molecule has 1 aliphatic heterocycles. The van der Waals surface area contributed by atoms with Gasteiger partial charge in [-0.2, -0.15) is 0 Å². The Bertz CT molecular complexity index is 430. The largest absolute Gasteiger partial charge is 0.382 e. The van der Waals surface area contributed by atoms with Crippen LogP contribution in [0.25, 0.3) is 0 Å². The summed E-state index contributed by atoms with van der Waals surface area (Å²) in [7, 11) is 3.55. The van der Waals surface area contributed by atoms with E-state index in [4.69, 9.17) is 14.2 Å². The summed E-state index contributed by atoms with van der Waals surface area (Å²) in [6, 6.07) is 0.525. The zero-order chi connectivity index (χ0) is 16.8. The fourth-order valence-corrected chi connectivity index (χ4v) is 4.87. The van der Waals surface area contributed by atoms with Gasteiger partial charge in [0.05, 0.1) is 19.3 Å².